The van der Waals surface area contributed by atoms with Gasteiger partial charge < -0.3 is 14.8 Å². The van der Waals surface area contributed by atoms with E-state index in [1.807, 2.05) is 25.1 Å². The summed E-state index contributed by atoms with van der Waals surface area (Å²) < 4.78 is 10.6. The van der Waals surface area contributed by atoms with Crippen molar-refractivity contribution in [2.45, 2.75) is 39.7 Å². The van der Waals surface area contributed by atoms with Gasteiger partial charge in [0.15, 0.2) is 6.10 Å². The number of carbonyl (C=O) groups excluding carboxylic acids is 2. The number of rotatable bonds is 6. The van der Waals surface area contributed by atoms with Gasteiger partial charge in [0.2, 0.25) is 0 Å². The summed E-state index contributed by atoms with van der Waals surface area (Å²) >= 11 is 0. The van der Waals surface area contributed by atoms with Gasteiger partial charge in [-0.1, -0.05) is 32.0 Å². The maximum absolute atomic E-state index is 12.5. The third-order valence-corrected chi connectivity index (χ3v) is 4.02. The summed E-state index contributed by atoms with van der Waals surface area (Å²) in [7, 11) is 1.32. The number of methoxy groups -OCH3 is 1. The lowest BCUT2D eigenvalue weighted by atomic mass is 10.0. The maximum Gasteiger partial charge on any atom is 0.337 e. The molecule has 0 radical (unpaired) electrons. The first-order valence-electron chi connectivity index (χ1n) is 8.58. The molecule has 0 saturated carbocycles. The Morgan fingerprint density at radius 2 is 1.77 bits per heavy atom. The summed E-state index contributed by atoms with van der Waals surface area (Å²) in [5.74, 6) is 0.263. The summed E-state index contributed by atoms with van der Waals surface area (Å²) in [6.07, 6.45) is -0.684. The standard InChI is InChI=1S/C21H25NO4/c1-13(2)18-10-9-14(3)11-19(18)26-15(4)20(23)22-17-8-6-7-16(12-17)21(24)25-5/h6-13,15H,1-5H3,(H,22,23)/t15-/m1/s1. The van der Waals surface area contributed by atoms with E-state index in [1.54, 1.807) is 31.2 Å². The van der Waals surface area contributed by atoms with Crippen LogP contribution in [0.3, 0.4) is 0 Å². The molecule has 2 aromatic rings. The van der Waals surface area contributed by atoms with Crippen LogP contribution < -0.4 is 10.1 Å². The van der Waals surface area contributed by atoms with Crippen LogP contribution in [0, 0.1) is 6.92 Å². The number of ether oxygens (including phenoxy) is 2. The van der Waals surface area contributed by atoms with Gasteiger partial charge in [0, 0.05) is 5.69 Å². The highest BCUT2D eigenvalue weighted by atomic mass is 16.5. The number of aryl methyl sites for hydroxylation is 1. The summed E-state index contributed by atoms with van der Waals surface area (Å²) in [5.41, 5.74) is 3.02. The van der Waals surface area contributed by atoms with Crippen LogP contribution in [0.25, 0.3) is 0 Å². The first-order valence-corrected chi connectivity index (χ1v) is 8.58. The Bertz CT molecular complexity index is 798. The molecule has 5 nitrogen and oxygen atoms in total. The second-order valence-corrected chi connectivity index (χ2v) is 6.52. The third-order valence-electron chi connectivity index (χ3n) is 4.02. The van der Waals surface area contributed by atoms with Crippen LogP contribution in [0.1, 0.15) is 48.2 Å². The van der Waals surface area contributed by atoms with Crippen LogP contribution in [0.15, 0.2) is 42.5 Å². The van der Waals surface area contributed by atoms with Crippen LogP contribution in [-0.2, 0) is 9.53 Å². The molecule has 0 bridgehead atoms. The second kappa shape index (κ2) is 8.52. The molecule has 0 saturated heterocycles. The molecule has 2 rings (SSSR count). The van der Waals surface area contributed by atoms with Crippen LogP contribution in [0.2, 0.25) is 0 Å². The van der Waals surface area contributed by atoms with E-state index in [-0.39, 0.29) is 11.8 Å². The molecule has 2 aromatic carbocycles. The predicted octanol–water partition coefficient (Wildman–Crippen LogP) is 4.31. The molecule has 0 aliphatic heterocycles. The largest absolute Gasteiger partial charge is 0.481 e. The molecule has 0 aromatic heterocycles. The lowest BCUT2D eigenvalue weighted by molar-refractivity contribution is -0.122. The molecule has 26 heavy (non-hydrogen) atoms. The first-order chi connectivity index (χ1) is 12.3. The van der Waals surface area contributed by atoms with Crippen LogP contribution in [-0.4, -0.2) is 25.1 Å². The van der Waals surface area contributed by atoms with Crippen molar-refractivity contribution in [2.75, 3.05) is 12.4 Å². The van der Waals surface area contributed by atoms with Crippen molar-refractivity contribution in [1.82, 2.24) is 0 Å². The van der Waals surface area contributed by atoms with Crippen molar-refractivity contribution in [2.24, 2.45) is 0 Å². The molecule has 1 N–H and O–H groups in total. The van der Waals surface area contributed by atoms with Gasteiger partial charge in [-0.05, 0) is 55.2 Å². The Hall–Kier alpha value is -2.82. The number of amides is 1. The van der Waals surface area contributed by atoms with Gasteiger partial charge in [0.1, 0.15) is 5.75 Å². The minimum atomic E-state index is -0.684. The topological polar surface area (TPSA) is 64.6 Å². The van der Waals surface area contributed by atoms with Crippen molar-refractivity contribution in [3.05, 3.63) is 59.2 Å². The SMILES string of the molecule is COC(=O)c1cccc(NC(=O)[C@@H](C)Oc2cc(C)ccc2C(C)C)c1. The molecule has 0 aliphatic carbocycles. The van der Waals surface area contributed by atoms with Gasteiger partial charge in [0.05, 0.1) is 12.7 Å². The van der Waals surface area contributed by atoms with E-state index in [4.69, 9.17) is 9.47 Å². The summed E-state index contributed by atoms with van der Waals surface area (Å²) in [4.78, 5) is 24.1. The molecule has 1 atom stereocenters. The zero-order valence-electron chi connectivity index (χ0n) is 15.8. The fourth-order valence-electron chi connectivity index (χ4n) is 2.55. The molecule has 0 heterocycles. The summed E-state index contributed by atoms with van der Waals surface area (Å²) in [5, 5.41) is 2.77. The average molecular weight is 355 g/mol. The highest BCUT2D eigenvalue weighted by Gasteiger charge is 2.18. The van der Waals surface area contributed by atoms with Gasteiger partial charge in [-0.3, -0.25) is 4.79 Å². The Labute approximate surface area is 154 Å². The van der Waals surface area contributed by atoms with Gasteiger partial charge in [-0.15, -0.1) is 0 Å². The number of benzene rings is 2. The van der Waals surface area contributed by atoms with Crippen LogP contribution in [0.4, 0.5) is 5.69 Å². The Morgan fingerprint density at radius 3 is 2.42 bits per heavy atom. The predicted molar refractivity (Wildman–Crippen MR) is 102 cm³/mol. The first kappa shape index (κ1) is 19.5. The fourth-order valence-corrected chi connectivity index (χ4v) is 2.55. The molecule has 0 spiro atoms. The molecular formula is C21H25NO4. The summed E-state index contributed by atoms with van der Waals surface area (Å²) in [6.45, 7) is 7.85. The number of carbonyl (C=O) groups is 2. The van der Waals surface area contributed by atoms with Gasteiger partial charge in [0.25, 0.3) is 5.91 Å². The zero-order chi connectivity index (χ0) is 19.3. The smallest absolute Gasteiger partial charge is 0.337 e. The van der Waals surface area contributed by atoms with E-state index >= 15 is 0 Å². The Kier molecular flexibility index (Phi) is 6.39. The average Bonchev–Trinajstić information content (AvgIpc) is 2.61. The van der Waals surface area contributed by atoms with Crippen molar-refractivity contribution in [3.63, 3.8) is 0 Å². The van der Waals surface area contributed by atoms with E-state index in [1.165, 1.54) is 7.11 Å². The fraction of sp³-hybridized carbons (Fsp3) is 0.333. The molecular weight excluding hydrogens is 330 g/mol. The molecule has 1 amide bonds. The number of hydrogen-bond donors (Lipinski definition) is 1. The third kappa shape index (κ3) is 4.85. The van der Waals surface area contributed by atoms with Crippen molar-refractivity contribution < 1.29 is 19.1 Å². The van der Waals surface area contributed by atoms with Gasteiger partial charge in [-0.2, -0.15) is 0 Å². The maximum atomic E-state index is 12.5. The van der Waals surface area contributed by atoms with E-state index in [2.05, 4.69) is 19.2 Å². The number of esters is 1. The molecule has 0 aliphatic rings. The number of hydrogen-bond acceptors (Lipinski definition) is 4. The van der Waals surface area contributed by atoms with Crippen LogP contribution in [0.5, 0.6) is 5.75 Å². The zero-order valence-corrected chi connectivity index (χ0v) is 15.8. The Morgan fingerprint density at radius 1 is 1.04 bits per heavy atom. The van der Waals surface area contributed by atoms with Crippen molar-refractivity contribution >= 4 is 17.6 Å². The number of nitrogens with one attached hydrogen (secondary N) is 1. The van der Waals surface area contributed by atoms with E-state index in [0.29, 0.717) is 17.0 Å². The lowest BCUT2D eigenvalue weighted by Gasteiger charge is -2.19. The highest BCUT2D eigenvalue weighted by molar-refractivity contribution is 5.96. The molecule has 5 heteroatoms. The summed E-state index contributed by atoms with van der Waals surface area (Å²) in [6, 6.07) is 12.6. The van der Waals surface area contributed by atoms with Crippen molar-refractivity contribution in [3.8, 4) is 5.75 Å². The normalized spacial score (nSPS) is 11.8. The minimum absolute atomic E-state index is 0.289. The highest BCUT2D eigenvalue weighted by Crippen LogP contribution is 2.28. The van der Waals surface area contributed by atoms with Crippen LogP contribution >= 0.6 is 0 Å². The number of anilines is 1. The molecule has 0 fully saturated rings. The van der Waals surface area contributed by atoms with Gasteiger partial charge >= 0.3 is 5.97 Å². The lowest BCUT2D eigenvalue weighted by Crippen LogP contribution is -2.30. The minimum Gasteiger partial charge on any atom is -0.481 e. The monoisotopic (exact) mass is 355 g/mol. The van der Waals surface area contributed by atoms with Gasteiger partial charge in [-0.25, -0.2) is 4.79 Å². The van der Waals surface area contributed by atoms with E-state index in [9.17, 15) is 9.59 Å². The quantitative estimate of drug-likeness (QED) is 0.784. The van der Waals surface area contributed by atoms with E-state index in [0.717, 1.165) is 11.1 Å². The van der Waals surface area contributed by atoms with Crippen molar-refractivity contribution in [1.29, 1.82) is 0 Å². The Balaban J connectivity index is 2.11. The second-order valence-electron chi connectivity index (χ2n) is 6.52. The van der Waals surface area contributed by atoms with E-state index < -0.39 is 12.1 Å². The molecule has 138 valence electrons. The molecule has 0 unspecified atom stereocenters.